The molecule has 0 saturated heterocycles. The first-order valence-electron chi connectivity index (χ1n) is 7.47. The number of nitrogens with zero attached hydrogens (tertiary/aromatic N) is 2. The number of carbonyl (C=O) groups is 1. The zero-order chi connectivity index (χ0) is 13.9. The highest BCUT2D eigenvalue weighted by Crippen LogP contribution is 2.37. The Balaban J connectivity index is 1.43. The fraction of sp³-hybridized carbons (Fsp3) is 0.714. The van der Waals surface area contributed by atoms with E-state index in [-0.39, 0.29) is 17.4 Å². The lowest BCUT2D eigenvalue weighted by atomic mass is 9.85. The van der Waals surface area contributed by atoms with Crippen molar-refractivity contribution in [1.82, 2.24) is 20.5 Å². The predicted octanol–water partition coefficient (Wildman–Crippen LogP) is 0.891. The third kappa shape index (κ3) is 3.05. The highest BCUT2D eigenvalue weighted by Gasteiger charge is 2.27. The fourth-order valence-corrected chi connectivity index (χ4v) is 2.36. The number of aromatic amines is 1. The quantitative estimate of drug-likeness (QED) is 0.755. The van der Waals surface area contributed by atoms with Gasteiger partial charge in [-0.3, -0.25) is 9.59 Å². The number of aryl methyl sites for hydroxylation is 1. The highest BCUT2D eigenvalue weighted by atomic mass is 16.2. The first kappa shape index (κ1) is 13.3. The molecule has 3 rings (SSSR count). The minimum atomic E-state index is -0.132. The first-order valence-corrected chi connectivity index (χ1v) is 7.47. The Bertz CT molecular complexity index is 546. The van der Waals surface area contributed by atoms with Gasteiger partial charge in [-0.1, -0.05) is 6.42 Å². The van der Waals surface area contributed by atoms with Crippen molar-refractivity contribution in [3.63, 3.8) is 0 Å². The molecule has 2 aliphatic rings. The molecule has 0 radical (unpaired) electrons. The van der Waals surface area contributed by atoms with Crippen LogP contribution < -0.4 is 10.9 Å². The van der Waals surface area contributed by atoms with Crippen LogP contribution in [0.25, 0.3) is 0 Å². The second-order valence-electron chi connectivity index (χ2n) is 5.78. The molecule has 0 atom stereocenters. The molecule has 1 amide bonds. The van der Waals surface area contributed by atoms with E-state index in [1.54, 1.807) is 0 Å². The van der Waals surface area contributed by atoms with E-state index in [0.29, 0.717) is 24.6 Å². The molecule has 0 bridgehead atoms. The van der Waals surface area contributed by atoms with Crippen LogP contribution in [0.1, 0.15) is 56.0 Å². The normalized spacial score (nSPS) is 18.6. The average Bonchev–Trinajstić information content (AvgIpc) is 3.18. The van der Waals surface area contributed by atoms with Gasteiger partial charge in [0.2, 0.25) is 5.91 Å². The maximum Gasteiger partial charge on any atom is 0.272 e. The monoisotopic (exact) mass is 276 g/mol. The molecule has 1 aromatic heterocycles. The van der Waals surface area contributed by atoms with Gasteiger partial charge < -0.3 is 10.3 Å². The zero-order valence-electron chi connectivity index (χ0n) is 11.5. The lowest BCUT2D eigenvalue weighted by Gasteiger charge is -2.23. The molecule has 20 heavy (non-hydrogen) atoms. The minimum Gasteiger partial charge on any atom is -0.356 e. The summed E-state index contributed by atoms with van der Waals surface area (Å²) in [5.41, 5.74) is 0.333. The van der Waals surface area contributed by atoms with E-state index in [0.717, 1.165) is 44.3 Å². The maximum absolute atomic E-state index is 11.8. The van der Waals surface area contributed by atoms with E-state index in [9.17, 15) is 9.59 Å². The van der Waals surface area contributed by atoms with E-state index in [4.69, 9.17) is 0 Å². The van der Waals surface area contributed by atoms with Crippen molar-refractivity contribution < 1.29 is 4.79 Å². The van der Waals surface area contributed by atoms with E-state index in [1.807, 2.05) is 0 Å². The smallest absolute Gasteiger partial charge is 0.272 e. The summed E-state index contributed by atoms with van der Waals surface area (Å²) in [5, 5.41) is 11.0. The number of hydrogen-bond donors (Lipinski definition) is 2. The van der Waals surface area contributed by atoms with Crippen LogP contribution in [0, 0.1) is 5.92 Å². The van der Waals surface area contributed by atoms with Crippen molar-refractivity contribution in [3.05, 3.63) is 21.9 Å². The van der Waals surface area contributed by atoms with Crippen LogP contribution in [0.15, 0.2) is 4.79 Å². The van der Waals surface area contributed by atoms with Gasteiger partial charge >= 0.3 is 0 Å². The zero-order valence-corrected chi connectivity index (χ0v) is 11.5. The molecular weight excluding hydrogens is 256 g/mol. The van der Waals surface area contributed by atoms with Crippen molar-refractivity contribution in [2.75, 3.05) is 6.54 Å². The molecule has 2 fully saturated rings. The second kappa shape index (κ2) is 5.73. The molecule has 2 saturated carbocycles. The van der Waals surface area contributed by atoms with Gasteiger partial charge in [0.1, 0.15) is 11.5 Å². The van der Waals surface area contributed by atoms with Crippen molar-refractivity contribution in [2.45, 2.75) is 50.9 Å². The van der Waals surface area contributed by atoms with Gasteiger partial charge in [-0.2, -0.15) is 0 Å². The lowest BCUT2D eigenvalue weighted by Crippen LogP contribution is -2.35. The van der Waals surface area contributed by atoms with Crippen molar-refractivity contribution in [3.8, 4) is 0 Å². The van der Waals surface area contributed by atoms with Crippen molar-refractivity contribution in [1.29, 1.82) is 0 Å². The van der Waals surface area contributed by atoms with Crippen molar-refractivity contribution >= 4 is 5.91 Å². The molecule has 6 nitrogen and oxygen atoms in total. The largest absolute Gasteiger partial charge is 0.356 e. The topological polar surface area (TPSA) is 87.7 Å². The number of H-pyrrole nitrogens is 1. The van der Waals surface area contributed by atoms with E-state index in [1.165, 1.54) is 0 Å². The Morgan fingerprint density at radius 3 is 2.65 bits per heavy atom. The molecule has 0 spiro atoms. The summed E-state index contributed by atoms with van der Waals surface area (Å²) >= 11 is 0. The molecule has 0 aliphatic heterocycles. The number of carbonyl (C=O) groups excluding carboxylic acids is 1. The van der Waals surface area contributed by atoms with Gasteiger partial charge in [-0.05, 0) is 38.5 Å². The Kier molecular flexibility index (Phi) is 3.80. The van der Waals surface area contributed by atoms with E-state index >= 15 is 0 Å². The third-order valence-corrected chi connectivity index (χ3v) is 4.11. The van der Waals surface area contributed by atoms with Crippen LogP contribution in [-0.2, 0) is 11.2 Å². The summed E-state index contributed by atoms with van der Waals surface area (Å²) < 4.78 is 0. The molecule has 0 unspecified atom stereocenters. The second-order valence-corrected chi connectivity index (χ2v) is 5.78. The average molecular weight is 276 g/mol. The van der Waals surface area contributed by atoms with Gasteiger partial charge in [0.05, 0.1) is 0 Å². The third-order valence-electron chi connectivity index (χ3n) is 4.11. The van der Waals surface area contributed by atoms with Crippen molar-refractivity contribution in [2.24, 2.45) is 5.92 Å². The molecule has 6 heteroatoms. The van der Waals surface area contributed by atoms with Gasteiger partial charge in [0.15, 0.2) is 0 Å². The summed E-state index contributed by atoms with van der Waals surface area (Å²) in [5.74, 6) is 1.50. The standard InChI is InChI=1S/C14H20N4O2/c19-13(10-3-1-4-10)15-8-2-5-11-14(20)16-12(18-17-11)9-6-7-9/h9-10H,1-8H2,(H,15,19)(H,16,18,20). The lowest BCUT2D eigenvalue weighted by molar-refractivity contribution is -0.127. The van der Waals surface area contributed by atoms with E-state index in [2.05, 4.69) is 20.5 Å². The van der Waals surface area contributed by atoms with Gasteiger partial charge in [0, 0.05) is 18.4 Å². The molecule has 108 valence electrons. The SMILES string of the molecule is O=C(NCCCc1nnc(C2CC2)[nH]c1=O)C1CCC1. The van der Waals surface area contributed by atoms with Crippen LogP contribution in [0.3, 0.4) is 0 Å². The minimum absolute atomic E-state index is 0.132. The van der Waals surface area contributed by atoms with Gasteiger partial charge in [-0.25, -0.2) is 0 Å². The summed E-state index contributed by atoms with van der Waals surface area (Å²) in [6.07, 6.45) is 6.65. The fourth-order valence-electron chi connectivity index (χ4n) is 2.36. The number of nitrogens with one attached hydrogen (secondary N) is 2. The Morgan fingerprint density at radius 2 is 2.05 bits per heavy atom. The highest BCUT2D eigenvalue weighted by molar-refractivity contribution is 5.79. The molecular formula is C14H20N4O2. The number of hydrogen-bond acceptors (Lipinski definition) is 4. The molecule has 1 aromatic rings. The summed E-state index contributed by atoms with van der Waals surface area (Å²) in [6.45, 7) is 0.598. The molecule has 2 aliphatic carbocycles. The number of aromatic nitrogens is 3. The predicted molar refractivity (Wildman–Crippen MR) is 73.3 cm³/mol. The van der Waals surface area contributed by atoms with Crippen LogP contribution in [0.2, 0.25) is 0 Å². The molecule has 0 aromatic carbocycles. The maximum atomic E-state index is 11.8. The number of amides is 1. The van der Waals surface area contributed by atoms with Crippen LogP contribution >= 0.6 is 0 Å². The van der Waals surface area contributed by atoms with Crippen LogP contribution in [0.4, 0.5) is 0 Å². The summed E-state index contributed by atoms with van der Waals surface area (Å²) in [4.78, 5) is 26.2. The molecule has 2 N–H and O–H groups in total. The summed E-state index contributed by atoms with van der Waals surface area (Å²) in [6, 6.07) is 0. The first-order chi connectivity index (χ1) is 9.74. The van der Waals surface area contributed by atoms with E-state index < -0.39 is 0 Å². The Labute approximate surface area is 117 Å². The summed E-state index contributed by atoms with van der Waals surface area (Å²) in [7, 11) is 0. The Hall–Kier alpha value is -1.72. The molecule has 1 heterocycles. The van der Waals surface area contributed by atoms with Crippen LogP contribution in [0.5, 0.6) is 0 Å². The Morgan fingerprint density at radius 1 is 1.25 bits per heavy atom. The van der Waals surface area contributed by atoms with Crippen LogP contribution in [-0.4, -0.2) is 27.6 Å². The van der Waals surface area contributed by atoms with Gasteiger partial charge in [-0.15, -0.1) is 10.2 Å². The number of rotatable bonds is 6. The van der Waals surface area contributed by atoms with Gasteiger partial charge in [0.25, 0.3) is 5.56 Å².